The number of sulfonamides is 1. The number of amides is 3. The van der Waals surface area contributed by atoms with Crippen molar-refractivity contribution in [1.29, 1.82) is 0 Å². The Bertz CT molecular complexity index is 2120. The Morgan fingerprint density at radius 2 is 1.67 bits per heavy atom. The molecule has 8 nitrogen and oxygen atoms in total. The first kappa shape index (κ1) is 30.1. The Labute approximate surface area is 273 Å². The molecule has 2 heterocycles. The summed E-state index contributed by atoms with van der Waals surface area (Å²) in [5.74, 6) is -0.000309. The second-order valence-electron chi connectivity index (χ2n) is 12.3. The summed E-state index contributed by atoms with van der Waals surface area (Å²) in [4.78, 5) is 28.0. The molecule has 3 amide bonds. The minimum absolute atomic E-state index is 0.000309. The van der Waals surface area contributed by atoms with Crippen LogP contribution in [0.15, 0.2) is 95.9 Å². The molecule has 0 saturated heterocycles. The van der Waals surface area contributed by atoms with Crippen LogP contribution in [0.1, 0.15) is 40.0 Å². The van der Waals surface area contributed by atoms with Gasteiger partial charge in [-0.2, -0.15) is 0 Å². The van der Waals surface area contributed by atoms with Crippen LogP contribution in [0.4, 0.5) is 4.79 Å². The Morgan fingerprint density at radius 1 is 0.957 bits per heavy atom. The molecule has 0 bridgehead atoms. The van der Waals surface area contributed by atoms with Crippen LogP contribution >= 0.6 is 11.6 Å². The molecule has 1 aliphatic carbocycles. The second-order valence-corrected chi connectivity index (χ2v) is 14.4. The van der Waals surface area contributed by atoms with E-state index >= 15 is 0 Å². The van der Waals surface area contributed by atoms with Gasteiger partial charge >= 0.3 is 6.03 Å². The SMILES string of the molecule is Cc1ccccc1-c1ccc2c(c1)c1c(n2-c2ccc(CC3(NC(=O)NS(=O)(=O)c4ccc(Cl)cc4)CC3)cc2)C(=O)N(C)CC1. The summed E-state index contributed by atoms with van der Waals surface area (Å²) in [6.07, 6.45) is 2.81. The third kappa shape index (κ3) is 5.54. The molecule has 234 valence electrons. The number of urea groups is 1. The van der Waals surface area contributed by atoms with Crippen molar-refractivity contribution < 1.29 is 18.0 Å². The van der Waals surface area contributed by atoms with Crippen molar-refractivity contribution in [3.05, 3.63) is 118 Å². The molecular formula is C36H33ClN4O4S. The average Bonchev–Trinajstić information content (AvgIpc) is 3.69. The number of benzene rings is 4. The van der Waals surface area contributed by atoms with Gasteiger partial charge in [0.15, 0.2) is 0 Å². The first-order valence-electron chi connectivity index (χ1n) is 15.2. The van der Waals surface area contributed by atoms with Crippen molar-refractivity contribution >= 4 is 44.5 Å². The summed E-state index contributed by atoms with van der Waals surface area (Å²) >= 11 is 5.87. The van der Waals surface area contributed by atoms with Gasteiger partial charge in [0.25, 0.3) is 15.9 Å². The third-order valence-corrected chi connectivity index (χ3v) is 10.7. The second kappa shape index (κ2) is 11.3. The van der Waals surface area contributed by atoms with Crippen LogP contribution in [-0.4, -0.2) is 49.0 Å². The van der Waals surface area contributed by atoms with Crippen LogP contribution in [0.5, 0.6) is 0 Å². The molecule has 2 aliphatic rings. The molecule has 1 saturated carbocycles. The Kier molecular flexibility index (Phi) is 7.41. The number of hydrogen-bond acceptors (Lipinski definition) is 4. The fourth-order valence-electron chi connectivity index (χ4n) is 6.44. The summed E-state index contributed by atoms with van der Waals surface area (Å²) in [5.41, 5.74) is 7.60. The summed E-state index contributed by atoms with van der Waals surface area (Å²) < 4.78 is 29.5. The number of carbonyl (C=O) groups excluding carboxylic acids is 2. The lowest BCUT2D eigenvalue weighted by Gasteiger charge is -2.24. The van der Waals surface area contributed by atoms with E-state index in [4.69, 9.17) is 11.6 Å². The average molecular weight is 653 g/mol. The number of hydrogen-bond donors (Lipinski definition) is 2. The highest BCUT2D eigenvalue weighted by molar-refractivity contribution is 7.90. The number of nitrogens with one attached hydrogen (secondary N) is 2. The zero-order chi connectivity index (χ0) is 32.2. The van der Waals surface area contributed by atoms with Crippen LogP contribution in [0.2, 0.25) is 5.02 Å². The molecule has 0 unspecified atom stereocenters. The largest absolute Gasteiger partial charge is 0.340 e. The molecule has 10 heteroatoms. The van der Waals surface area contributed by atoms with E-state index in [1.54, 1.807) is 4.90 Å². The minimum atomic E-state index is -4.03. The molecule has 5 aromatic rings. The highest BCUT2D eigenvalue weighted by Crippen LogP contribution is 2.40. The van der Waals surface area contributed by atoms with E-state index in [2.05, 4.69) is 51.9 Å². The first-order chi connectivity index (χ1) is 22.0. The number of likely N-dealkylation sites (N-methyl/N-ethyl adjacent to an activating group) is 1. The smallest absolute Gasteiger partial charge is 0.329 e. The molecule has 0 atom stereocenters. The van der Waals surface area contributed by atoms with Crippen molar-refractivity contribution in [2.75, 3.05) is 13.6 Å². The van der Waals surface area contributed by atoms with Gasteiger partial charge in [-0.15, -0.1) is 0 Å². The monoisotopic (exact) mass is 652 g/mol. The van der Waals surface area contributed by atoms with Gasteiger partial charge in [0, 0.05) is 35.2 Å². The highest BCUT2D eigenvalue weighted by atomic mass is 35.5. The molecule has 4 aromatic carbocycles. The normalized spacial score (nSPS) is 15.5. The number of aromatic nitrogens is 1. The molecule has 1 aliphatic heterocycles. The summed E-state index contributed by atoms with van der Waals surface area (Å²) in [6.45, 7) is 2.78. The number of halogens is 1. The van der Waals surface area contributed by atoms with Crippen molar-refractivity contribution in [3.63, 3.8) is 0 Å². The van der Waals surface area contributed by atoms with Crippen LogP contribution in [0.3, 0.4) is 0 Å². The van der Waals surface area contributed by atoms with Crippen LogP contribution < -0.4 is 10.0 Å². The predicted octanol–water partition coefficient (Wildman–Crippen LogP) is 6.65. The molecule has 0 radical (unpaired) electrons. The Balaban J connectivity index is 1.15. The maximum absolute atomic E-state index is 13.6. The van der Waals surface area contributed by atoms with Crippen molar-refractivity contribution in [2.45, 2.75) is 43.0 Å². The molecule has 7 rings (SSSR count). The maximum Gasteiger partial charge on any atom is 0.329 e. The van der Waals surface area contributed by atoms with Gasteiger partial charge in [0.2, 0.25) is 0 Å². The van der Waals surface area contributed by atoms with Gasteiger partial charge in [0.05, 0.1) is 10.4 Å². The van der Waals surface area contributed by atoms with Crippen LogP contribution in [0.25, 0.3) is 27.7 Å². The van der Waals surface area contributed by atoms with Crippen molar-refractivity contribution in [2.24, 2.45) is 0 Å². The van der Waals surface area contributed by atoms with Gasteiger partial charge in [-0.25, -0.2) is 17.9 Å². The Hall–Kier alpha value is -4.60. The van der Waals surface area contributed by atoms with Crippen LogP contribution in [-0.2, 0) is 22.9 Å². The van der Waals surface area contributed by atoms with E-state index in [1.165, 1.54) is 35.4 Å². The zero-order valence-electron chi connectivity index (χ0n) is 25.5. The van der Waals surface area contributed by atoms with E-state index in [9.17, 15) is 18.0 Å². The summed E-state index contributed by atoms with van der Waals surface area (Å²) in [7, 11) is -2.19. The summed E-state index contributed by atoms with van der Waals surface area (Å²) in [6, 6.07) is 27.7. The van der Waals surface area contributed by atoms with Gasteiger partial charge in [-0.05, 0) is 109 Å². The molecule has 1 aromatic heterocycles. The predicted molar refractivity (Wildman–Crippen MR) is 180 cm³/mol. The lowest BCUT2D eigenvalue weighted by Crippen LogP contribution is -2.46. The minimum Gasteiger partial charge on any atom is -0.340 e. The van der Waals surface area contributed by atoms with E-state index in [-0.39, 0.29) is 10.8 Å². The molecule has 1 fully saturated rings. The number of fused-ring (bicyclic) bond motifs is 3. The van der Waals surface area contributed by atoms with Crippen molar-refractivity contribution in [3.8, 4) is 16.8 Å². The molecule has 2 N–H and O–H groups in total. The number of carbonyl (C=O) groups is 2. The van der Waals surface area contributed by atoms with E-state index < -0.39 is 21.6 Å². The highest BCUT2D eigenvalue weighted by Gasteiger charge is 2.44. The third-order valence-electron chi connectivity index (χ3n) is 9.09. The van der Waals surface area contributed by atoms with Gasteiger partial charge in [0.1, 0.15) is 5.69 Å². The van der Waals surface area contributed by atoms with Gasteiger partial charge in [-0.1, -0.05) is 54.1 Å². The van der Waals surface area contributed by atoms with Crippen LogP contribution in [0, 0.1) is 6.92 Å². The Morgan fingerprint density at radius 3 is 2.37 bits per heavy atom. The van der Waals surface area contributed by atoms with E-state index in [0.717, 1.165) is 52.5 Å². The zero-order valence-corrected chi connectivity index (χ0v) is 27.1. The fraction of sp³-hybridized carbons (Fsp3) is 0.222. The molecule has 46 heavy (non-hydrogen) atoms. The molecule has 0 spiro atoms. The summed E-state index contributed by atoms with van der Waals surface area (Å²) in [5, 5.41) is 4.37. The molecular weight excluding hydrogens is 620 g/mol. The quantitative estimate of drug-likeness (QED) is 0.206. The van der Waals surface area contributed by atoms with E-state index in [1.807, 2.05) is 43.4 Å². The van der Waals surface area contributed by atoms with Crippen molar-refractivity contribution in [1.82, 2.24) is 19.5 Å². The topological polar surface area (TPSA) is 101 Å². The number of nitrogens with zero attached hydrogens (tertiary/aromatic N) is 2. The van der Waals surface area contributed by atoms with Gasteiger partial charge < -0.3 is 14.8 Å². The van der Waals surface area contributed by atoms with E-state index in [0.29, 0.717) is 23.7 Å². The van der Waals surface area contributed by atoms with Gasteiger partial charge in [-0.3, -0.25) is 4.79 Å². The maximum atomic E-state index is 13.6. The lowest BCUT2D eigenvalue weighted by atomic mass is 9.97. The standard InChI is InChI=1S/C36H33ClN4O4S/c1-23-5-3-4-6-29(23)25-9-16-32-31(21-25)30-17-20-40(2)34(42)33(30)41(32)27-12-7-24(8-13-27)22-36(18-19-36)38-35(43)39-46(44,45)28-14-10-26(37)11-15-28/h3-16,21H,17-20,22H2,1-2H3,(H2,38,39,43). The number of aryl methyl sites for hydroxylation is 1. The number of rotatable bonds is 7. The lowest BCUT2D eigenvalue weighted by molar-refractivity contribution is 0.0773. The first-order valence-corrected chi connectivity index (χ1v) is 17.1. The fourth-order valence-corrected chi connectivity index (χ4v) is 7.47.